The van der Waals surface area contributed by atoms with Crippen molar-refractivity contribution >= 4 is 71.5 Å². The number of benzene rings is 1. The number of halogens is 3. The molecule has 0 amide bonds. The number of rotatable bonds is 1. The van der Waals surface area contributed by atoms with E-state index in [9.17, 15) is 0 Å². The Hall–Kier alpha value is 0.680. The van der Waals surface area contributed by atoms with Gasteiger partial charge in [0.1, 0.15) is 0 Å². The van der Waals surface area contributed by atoms with Gasteiger partial charge in [-0.15, -0.1) is 22.9 Å². The zero-order valence-corrected chi connectivity index (χ0v) is 11.8. The normalized spacial score (nSPS) is 11.0. The molecule has 0 N–H and O–H groups in total. The average Bonchev–Trinajstić information content (AvgIpc) is 2.48. The summed E-state index contributed by atoms with van der Waals surface area (Å²) in [5, 5.41) is 1.28. The smallest absolute Gasteiger partial charge is 0.0666 e. The van der Waals surface area contributed by atoms with Crippen molar-refractivity contribution in [2.24, 2.45) is 0 Å². The minimum Gasteiger partial charge on any atom is -0.128 e. The predicted octanol–water partition coefficient (Wildman–Crippen LogP) is 5.01. The van der Waals surface area contributed by atoms with E-state index < -0.39 is 0 Å². The molecule has 0 saturated heterocycles. The van der Waals surface area contributed by atoms with E-state index in [1.807, 2.05) is 0 Å². The van der Waals surface area contributed by atoms with E-state index in [0.717, 1.165) is 4.47 Å². The van der Waals surface area contributed by atoms with E-state index in [-0.39, 0.29) is 0 Å². The van der Waals surface area contributed by atoms with Crippen molar-refractivity contribution in [1.29, 1.82) is 0 Å². The minimum atomic E-state index is 0.580. The van der Waals surface area contributed by atoms with Gasteiger partial charge in [-0.1, -0.05) is 6.07 Å². The van der Waals surface area contributed by atoms with Gasteiger partial charge in [-0.2, -0.15) is 0 Å². The molecule has 0 atom stereocenters. The third kappa shape index (κ3) is 1.89. The van der Waals surface area contributed by atoms with Crippen molar-refractivity contribution in [3.05, 3.63) is 31.1 Å². The maximum Gasteiger partial charge on any atom is 0.0666 e. The van der Waals surface area contributed by atoms with Gasteiger partial charge in [0, 0.05) is 15.1 Å². The number of alkyl halides is 1. The van der Waals surface area contributed by atoms with Crippen molar-refractivity contribution in [2.75, 3.05) is 0 Å². The molecule has 0 aliphatic rings. The van der Waals surface area contributed by atoms with Gasteiger partial charge in [-0.3, -0.25) is 0 Å². The molecule has 1 heterocycles. The fraction of sp³-hybridized carbons (Fsp3) is 0.111. The Morgan fingerprint density at radius 1 is 1.46 bits per heavy atom. The third-order valence-electron chi connectivity index (χ3n) is 1.84. The Labute approximate surface area is 108 Å². The summed E-state index contributed by atoms with van der Waals surface area (Å²) in [4.78, 5) is 0. The van der Waals surface area contributed by atoms with Gasteiger partial charge < -0.3 is 0 Å². The summed E-state index contributed by atoms with van der Waals surface area (Å²) in [6, 6.07) is 6.32. The first kappa shape index (κ1) is 10.2. The van der Waals surface area contributed by atoms with Crippen molar-refractivity contribution in [2.45, 2.75) is 5.88 Å². The summed E-state index contributed by atoms with van der Waals surface area (Å²) in [6.07, 6.45) is 0. The van der Waals surface area contributed by atoms with E-state index in [1.165, 1.54) is 18.5 Å². The van der Waals surface area contributed by atoms with E-state index in [4.69, 9.17) is 11.6 Å². The molecule has 0 fully saturated rings. The molecule has 2 aromatic rings. The van der Waals surface area contributed by atoms with E-state index >= 15 is 0 Å². The third-order valence-corrected chi connectivity index (χ3v) is 4.98. The number of hydrogen-bond donors (Lipinski definition) is 0. The molecular formula is C9H5BrClIS. The van der Waals surface area contributed by atoms with Crippen LogP contribution in [0.15, 0.2) is 22.7 Å². The van der Waals surface area contributed by atoms with Crippen molar-refractivity contribution < 1.29 is 0 Å². The van der Waals surface area contributed by atoms with Gasteiger partial charge in [-0.05, 0) is 61.6 Å². The first-order valence-corrected chi connectivity index (χ1v) is 6.87. The summed E-state index contributed by atoms with van der Waals surface area (Å²) in [7, 11) is 0. The van der Waals surface area contributed by atoms with Gasteiger partial charge >= 0.3 is 0 Å². The van der Waals surface area contributed by atoms with Gasteiger partial charge in [0.05, 0.1) is 2.88 Å². The molecule has 0 bridgehead atoms. The average molecular weight is 387 g/mol. The monoisotopic (exact) mass is 386 g/mol. The first-order chi connectivity index (χ1) is 6.22. The van der Waals surface area contributed by atoms with Crippen LogP contribution in [0.5, 0.6) is 0 Å². The summed E-state index contributed by atoms with van der Waals surface area (Å²) < 4.78 is 3.75. The van der Waals surface area contributed by atoms with E-state index in [0.29, 0.717) is 5.88 Å². The molecule has 0 unspecified atom stereocenters. The summed E-state index contributed by atoms with van der Waals surface area (Å²) in [5.74, 6) is 0.580. The van der Waals surface area contributed by atoms with Crippen molar-refractivity contribution in [3.8, 4) is 0 Å². The number of fused-ring (bicyclic) bond motifs is 1. The molecule has 68 valence electrons. The maximum absolute atomic E-state index is 5.85. The standard InChI is InChI=1S/C9H5BrClIS/c10-7-2-1-5(4-11)6-3-8(12)13-9(6)7/h1-3H,4H2. The molecule has 0 saturated carbocycles. The summed E-state index contributed by atoms with van der Waals surface area (Å²) in [5.41, 5.74) is 1.21. The fourth-order valence-electron chi connectivity index (χ4n) is 1.23. The highest BCUT2D eigenvalue weighted by atomic mass is 127. The second kappa shape index (κ2) is 4.04. The second-order valence-electron chi connectivity index (χ2n) is 2.63. The lowest BCUT2D eigenvalue weighted by Crippen LogP contribution is -1.77. The van der Waals surface area contributed by atoms with Crippen LogP contribution in [-0.4, -0.2) is 0 Å². The zero-order valence-electron chi connectivity index (χ0n) is 6.48. The molecule has 1 aromatic heterocycles. The van der Waals surface area contributed by atoms with Crippen LogP contribution < -0.4 is 0 Å². The largest absolute Gasteiger partial charge is 0.128 e. The topological polar surface area (TPSA) is 0 Å². The van der Waals surface area contributed by atoms with E-state index in [2.05, 4.69) is 56.7 Å². The minimum absolute atomic E-state index is 0.580. The fourth-order valence-corrected chi connectivity index (χ4v) is 3.86. The Balaban J connectivity index is 2.83. The van der Waals surface area contributed by atoms with Crippen LogP contribution in [-0.2, 0) is 5.88 Å². The van der Waals surface area contributed by atoms with Crippen LogP contribution in [0.1, 0.15) is 5.56 Å². The molecule has 1 aromatic carbocycles. The highest BCUT2D eigenvalue weighted by molar-refractivity contribution is 14.1. The quantitative estimate of drug-likeness (QED) is 0.477. The molecule has 4 heteroatoms. The summed E-state index contributed by atoms with van der Waals surface area (Å²) in [6.45, 7) is 0. The molecule has 0 nitrogen and oxygen atoms in total. The Morgan fingerprint density at radius 3 is 2.92 bits per heavy atom. The lowest BCUT2D eigenvalue weighted by molar-refractivity contribution is 1.45. The Kier molecular flexibility index (Phi) is 3.18. The second-order valence-corrected chi connectivity index (χ2v) is 6.70. The van der Waals surface area contributed by atoms with E-state index in [1.54, 1.807) is 11.3 Å². The van der Waals surface area contributed by atoms with Gasteiger partial charge in [-0.25, -0.2) is 0 Å². The van der Waals surface area contributed by atoms with Crippen LogP contribution in [0, 0.1) is 2.88 Å². The number of hydrogen-bond acceptors (Lipinski definition) is 1. The van der Waals surface area contributed by atoms with Gasteiger partial charge in [0.2, 0.25) is 0 Å². The summed E-state index contributed by atoms with van der Waals surface area (Å²) >= 11 is 13.5. The Morgan fingerprint density at radius 2 is 2.23 bits per heavy atom. The van der Waals surface area contributed by atoms with Crippen LogP contribution in [0.25, 0.3) is 10.1 Å². The van der Waals surface area contributed by atoms with Crippen molar-refractivity contribution in [3.63, 3.8) is 0 Å². The van der Waals surface area contributed by atoms with Gasteiger partial charge in [0.25, 0.3) is 0 Å². The molecule has 0 aliphatic heterocycles. The van der Waals surface area contributed by atoms with Crippen LogP contribution >= 0.6 is 61.5 Å². The molecule has 0 radical (unpaired) electrons. The highest BCUT2D eigenvalue weighted by Gasteiger charge is 2.07. The van der Waals surface area contributed by atoms with Crippen LogP contribution in [0.3, 0.4) is 0 Å². The van der Waals surface area contributed by atoms with Gasteiger partial charge in [0.15, 0.2) is 0 Å². The maximum atomic E-state index is 5.85. The highest BCUT2D eigenvalue weighted by Crippen LogP contribution is 2.35. The lowest BCUT2D eigenvalue weighted by atomic mass is 10.1. The van der Waals surface area contributed by atoms with Crippen LogP contribution in [0.2, 0.25) is 0 Å². The molecule has 13 heavy (non-hydrogen) atoms. The molecule has 0 spiro atoms. The Bertz CT molecular complexity index is 452. The predicted molar refractivity (Wildman–Crippen MR) is 71.8 cm³/mol. The van der Waals surface area contributed by atoms with Crippen molar-refractivity contribution in [1.82, 2.24) is 0 Å². The SMILES string of the molecule is ClCc1ccc(Br)c2sc(I)cc12. The molecular weight excluding hydrogens is 382 g/mol. The first-order valence-electron chi connectivity index (χ1n) is 3.65. The van der Waals surface area contributed by atoms with Crippen LogP contribution in [0.4, 0.5) is 0 Å². The zero-order chi connectivity index (χ0) is 9.42. The number of thiophene rings is 1. The lowest BCUT2D eigenvalue weighted by Gasteiger charge is -1.98. The molecule has 2 rings (SSSR count). The molecule has 0 aliphatic carbocycles.